The van der Waals surface area contributed by atoms with Crippen LogP contribution in [0.25, 0.3) is 0 Å². The van der Waals surface area contributed by atoms with Gasteiger partial charge in [0, 0.05) is 24.1 Å². The van der Waals surface area contributed by atoms with Crippen LogP contribution in [0.4, 0.5) is 0 Å². The zero-order valence-corrected chi connectivity index (χ0v) is 13.1. The van der Waals surface area contributed by atoms with Gasteiger partial charge in [-0.1, -0.05) is 41.9 Å². The van der Waals surface area contributed by atoms with Gasteiger partial charge in [0.1, 0.15) is 0 Å². The third kappa shape index (κ3) is 4.32. The van der Waals surface area contributed by atoms with Gasteiger partial charge in [0.2, 0.25) is 0 Å². The van der Waals surface area contributed by atoms with E-state index in [0.717, 1.165) is 17.3 Å². The molecule has 1 aromatic carbocycles. The Hall–Kier alpha value is -0.870. The summed E-state index contributed by atoms with van der Waals surface area (Å²) in [6, 6.07) is 14.6. The first-order valence-corrected chi connectivity index (χ1v) is 8.04. The molecule has 0 bridgehead atoms. The van der Waals surface area contributed by atoms with E-state index in [1.54, 1.807) is 11.3 Å². The molecule has 2 aromatic rings. The van der Waals surface area contributed by atoms with Crippen LogP contribution in [0.5, 0.6) is 0 Å². The Kier molecular flexibility index (Phi) is 6.05. The topological polar surface area (TPSA) is 32.3 Å². The highest BCUT2D eigenvalue weighted by atomic mass is 35.5. The van der Waals surface area contributed by atoms with Crippen molar-refractivity contribution >= 4 is 22.9 Å². The molecule has 0 spiro atoms. The highest BCUT2D eigenvalue weighted by molar-refractivity contribution is 7.16. The van der Waals surface area contributed by atoms with Crippen molar-refractivity contribution < 1.29 is 5.11 Å². The van der Waals surface area contributed by atoms with Gasteiger partial charge in [-0.05, 0) is 37.0 Å². The van der Waals surface area contributed by atoms with E-state index in [9.17, 15) is 5.11 Å². The van der Waals surface area contributed by atoms with Crippen molar-refractivity contribution in [2.24, 2.45) is 0 Å². The first kappa shape index (κ1) is 15.5. The van der Waals surface area contributed by atoms with Crippen LogP contribution in [-0.4, -0.2) is 18.3 Å². The lowest BCUT2D eigenvalue weighted by Crippen LogP contribution is -2.24. The minimum Gasteiger partial charge on any atom is -0.396 e. The van der Waals surface area contributed by atoms with Crippen molar-refractivity contribution in [3.05, 3.63) is 57.2 Å². The van der Waals surface area contributed by atoms with Gasteiger partial charge in [0.25, 0.3) is 0 Å². The Bertz CT molecular complexity index is 514. The maximum atomic E-state index is 9.24. The van der Waals surface area contributed by atoms with E-state index in [0.29, 0.717) is 5.92 Å². The number of hydrogen-bond donors (Lipinski definition) is 2. The molecule has 0 aliphatic carbocycles. The van der Waals surface area contributed by atoms with Crippen LogP contribution in [-0.2, 0) is 0 Å². The maximum absolute atomic E-state index is 9.24. The van der Waals surface area contributed by atoms with Gasteiger partial charge >= 0.3 is 0 Å². The zero-order chi connectivity index (χ0) is 14.4. The minimum absolute atomic E-state index is 0.209. The number of rotatable bonds is 7. The van der Waals surface area contributed by atoms with E-state index in [1.165, 1.54) is 10.4 Å². The summed E-state index contributed by atoms with van der Waals surface area (Å²) in [7, 11) is 0. The fraction of sp³-hybridized carbons (Fsp3) is 0.375. The van der Waals surface area contributed by atoms with E-state index in [2.05, 4.69) is 30.4 Å². The summed E-state index contributed by atoms with van der Waals surface area (Å²) in [5, 5.41) is 12.8. The van der Waals surface area contributed by atoms with Crippen molar-refractivity contribution in [2.75, 3.05) is 13.2 Å². The lowest BCUT2D eigenvalue weighted by molar-refractivity contribution is 0.272. The lowest BCUT2D eigenvalue weighted by atomic mass is 9.96. The van der Waals surface area contributed by atoms with Crippen LogP contribution in [0.2, 0.25) is 4.34 Å². The highest BCUT2D eigenvalue weighted by Crippen LogP contribution is 2.27. The lowest BCUT2D eigenvalue weighted by Gasteiger charge is -2.20. The Morgan fingerprint density at radius 1 is 1.20 bits per heavy atom. The number of benzene rings is 1. The van der Waals surface area contributed by atoms with E-state index in [-0.39, 0.29) is 12.6 Å². The summed E-state index contributed by atoms with van der Waals surface area (Å²) in [6.45, 7) is 3.20. The zero-order valence-electron chi connectivity index (χ0n) is 11.6. The monoisotopic (exact) mass is 309 g/mol. The Morgan fingerprint density at radius 3 is 2.55 bits per heavy atom. The third-order valence-corrected chi connectivity index (χ3v) is 4.85. The number of aliphatic hydroxyl groups is 1. The van der Waals surface area contributed by atoms with E-state index >= 15 is 0 Å². The molecule has 0 saturated carbocycles. The fourth-order valence-electron chi connectivity index (χ4n) is 2.25. The molecule has 2 N–H and O–H groups in total. The molecule has 1 heterocycles. The van der Waals surface area contributed by atoms with Gasteiger partial charge in [0.15, 0.2) is 0 Å². The summed E-state index contributed by atoms with van der Waals surface area (Å²) < 4.78 is 0.823. The second-order valence-electron chi connectivity index (χ2n) is 4.89. The Morgan fingerprint density at radius 2 is 1.95 bits per heavy atom. The van der Waals surface area contributed by atoms with E-state index in [1.807, 2.05) is 24.3 Å². The van der Waals surface area contributed by atoms with Gasteiger partial charge in [-0.25, -0.2) is 0 Å². The molecular formula is C16H20ClNOS. The molecule has 20 heavy (non-hydrogen) atoms. The van der Waals surface area contributed by atoms with Crippen molar-refractivity contribution in [1.29, 1.82) is 0 Å². The summed E-state index contributed by atoms with van der Waals surface area (Å²) >= 11 is 7.58. The quantitative estimate of drug-likeness (QED) is 0.802. The first-order chi connectivity index (χ1) is 9.70. The number of aliphatic hydroxyl groups excluding tert-OH is 1. The Labute approximate surface area is 129 Å². The number of nitrogens with one attached hydrogen (secondary N) is 1. The summed E-state index contributed by atoms with van der Waals surface area (Å²) in [6.07, 6.45) is 0.773. The second-order valence-corrected chi connectivity index (χ2v) is 6.64. The third-order valence-electron chi connectivity index (χ3n) is 3.44. The average molecular weight is 310 g/mol. The van der Waals surface area contributed by atoms with Gasteiger partial charge in [-0.2, -0.15) is 0 Å². The van der Waals surface area contributed by atoms with Crippen LogP contribution < -0.4 is 5.32 Å². The molecule has 0 fully saturated rings. The number of halogens is 1. The highest BCUT2D eigenvalue weighted by Gasteiger charge is 2.14. The standard InChI is InChI=1S/C16H20ClNOS/c1-12(15-7-8-16(17)20-15)18-11-14(9-10-19)13-5-3-2-4-6-13/h2-8,12,14,18-19H,9-11H2,1H3. The molecule has 2 atom stereocenters. The molecule has 0 radical (unpaired) electrons. The summed E-state index contributed by atoms with van der Waals surface area (Å²) in [4.78, 5) is 1.24. The molecule has 0 amide bonds. The molecule has 0 aliphatic heterocycles. The van der Waals surface area contributed by atoms with Gasteiger partial charge in [-0.3, -0.25) is 0 Å². The number of thiophene rings is 1. The minimum atomic E-state index is 0.209. The molecule has 0 saturated heterocycles. The van der Waals surface area contributed by atoms with Crippen LogP contribution in [0, 0.1) is 0 Å². The Balaban J connectivity index is 1.95. The van der Waals surface area contributed by atoms with Crippen LogP contribution in [0.3, 0.4) is 0 Å². The molecule has 4 heteroatoms. The predicted molar refractivity (Wildman–Crippen MR) is 86.6 cm³/mol. The molecule has 2 unspecified atom stereocenters. The van der Waals surface area contributed by atoms with E-state index < -0.39 is 0 Å². The molecule has 108 valence electrons. The average Bonchev–Trinajstić information content (AvgIpc) is 2.91. The normalized spacial score (nSPS) is 14.2. The molecule has 2 nitrogen and oxygen atoms in total. The molecular weight excluding hydrogens is 290 g/mol. The predicted octanol–water partition coefficient (Wildman–Crippen LogP) is 4.22. The van der Waals surface area contributed by atoms with Gasteiger partial charge in [0.05, 0.1) is 4.34 Å². The maximum Gasteiger partial charge on any atom is 0.0931 e. The van der Waals surface area contributed by atoms with Gasteiger partial charge < -0.3 is 10.4 Å². The molecule has 0 aliphatic rings. The summed E-state index contributed by atoms with van der Waals surface area (Å²) in [5.41, 5.74) is 1.27. The molecule has 1 aromatic heterocycles. The largest absolute Gasteiger partial charge is 0.396 e. The SMILES string of the molecule is CC(NCC(CCO)c1ccccc1)c1ccc(Cl)s1. The van der Waals surface area contributed by atoms with E-state index in [4.69, 9.17) is 11.6 Å². The van der Waals surface area contributed by atoms with Crippen molar-refractivity contribution in [3.8, 4) is 0 Å². The summed E-state index contributed by atoms with van der Waals surface area (Å²) in [5.74, 6) is 0.332. The molecule has 2 rings (SSSR count). The van der Waals surface area contributed by atoms with Crippen molar-refractivity contribution in [3.63, 3.8) is 0 Å². The smallest absolute Gasteiger partial charge is 0.0931 e. The second kappa shape index (κ2) is 7.79. The van der Waals surface area contributed by atoms with Crippen molar-refractivity contribution in [1.82, 2.24) is 5.32 Å². The van der Waals surface area contributed by atoms with Crippen molar-refractivity contribution in [2.45, 2.75) is 25.3 Å². The first-order valence-electron chi connectivity index (χ1n) is 6.85. The van der Waals surface area contributed by atoms with Crippen LogP contribution in [0.1, 0.15) is 35.7 Å². The van der Waals surface area contributed by atoms with Crippen LogP contribution >= 0.6 is 22.9 Å². The van der Waals surface area contributed by atoms with Gasteiger partial charge in [-0.15, -0.1) is 11.3 Å². The van der Waals surface area contributed by atoms with Crippen LogP contribution in [0.15, 0.2) is 42.5 Å². The number of hydrogen-bond acceptors (Lipinski definition) is 3. The fourth-order valence-corrected chi connectivity index (χ4v) is 3.34.